The highest BCUT2D eigenvalue weighted by atomic mass is 16.5. The number of anilines is 1. The molecule has 19 heavy (non-hydrogen) atoms. The largest absolute Gasteiger partial charge is 0.439 e. The number of aromatic nitrogens is 2. The summed E-state index contributed by atoms with van der Waals surface area (Å²) in [4.78, 5) is 8.90. The first-order valence-corrected chi connectivity index (χ1v) is 6.54. The fourth-order valence-electron chi connectivity index (χ4n) is 1.63. The lowest BCUT2D eigenvalue weighted by Crippen LogP contribution is -2.05. The van der Waals surface area contributed by atoms with Crippen molar-refractivity contribution < 1.29 is 4.74 Å². The molecule has 0 saturated heterocycles. The molecule has 4 nitrogen and oxygen atoms in total. The quantitative estimate of drug-likeness (QED) is 0.884. The fourth-order valence-corrected chi connectivity index (χ4v) is 1.63. The zero-order chi connectivity index (χ0) is 13.7. The summed E-state index contributed by atoms with van der Waals surface area (Å²) in [5.74, 6) is 3.19. The first-order valence-electron chi connectivity index (χ1n) is 6.54. The van der Waals surface area contributed by atoms with Crippen molar-refractivity contribution in [1.29, 1.82) is 0 Å². The molecule has 1 heterocycles. The van der Waals surface area contributed by atoms with Crippen molar-refractivity contribution in [1.82, 2.24) is 9.97 Å². The van der Waals surface area contributed by atoms with Crippen molar-refractivity contribution in [2.75, 3.05) is 11.9 Å². The number of nitrogens with zero attached hydrogens (tertiary/aromatic N) is 2. The van der Waals surface area contributed by atoms with Crippen molar-refractivity contribution in [3.63, 3.8) is 0 Å². The number of nitrogens with one attached hydrogen (secondary N) is 1. The van der Waals surface area contributed by atoms with Gasteiger partial charge in [0.15, 0.2) is 0 Å². The minimum absolute atomic E-state index is 0.261. The summed E-state index contributed by atoms with van der Waals surface area (Å²) in [5, 5.41) is 3.20. The first-order chi connectivity index (χ1) is 9.19. The average Bonchev–Trinajstić information content (AvgIpc) is 2.40. The Morgan fingerprint density at radius 2 is 1.89 bits per heavy atom. The van der Waals surface area contributed by atoms with E-state index in [-0.39, 0.29) is 5.92 Å². The Balaban J connectivity index is 2.28. The molecule has 1 aromatic heterocycles. The summed E-state index contributed by atoms with van der Waals surface area (Å²) < 4.78 is 5.77. The van der Waals surface area contributed by atoms with Crippen LogP contribution in [-0.2, 0) is 0 Å². The Labute approximate surface area is 113 Å². The van der Waals surface area contributed by atoms with E-state index in [4.69, 9.17) is 4.74 Å². The third-order valence-corrected chi connectivity index (χ3v) is 2.56. The van der Waals surface area contributed by atoms with E-state index in [2.05, 4.69) is 29.1 Å². The van der Waals surface area contributed by atoms with Crippen LogP contribution in [0.5, 0.6) is 11.6 Å². The van der Waals surface area contributed by atoms with Gasteiger partial charge < -0.3 is 10.1 Å². The van der Waals surface area contributed by atoms with Gasteiger partial charge in [0.25, 0.3) is 0 Å². The van der Waals surface area contributed by atoms with Crippen molar-refractivity contribution >= 4 is 5.82 Å². The van der Waals surface area contributed by atoms with Gasteiger partial charge in [-0.3, -0.25) is 0 Å². The van der Waals surface area contributed by atoms with E-state index >= 15 is 0 Å². The Morgan fingerprint density at radius 1 is 1.16 bits per heavy atom. The van der Waals surface area contributed by atoms with Gasteiger partial charge in [0.1, 0.15) is 17.4 Å². The molecule has 0 fully saturated rings. The highest BCUT2D eigenvalue weighted by Gasteiger charge is 2.09. The Bertz CT molecular complexity index is 526. The van der Waals surface area contributed by atoms with Gasteiger partial charge in [0.05, 0.1) is 0 Å². The SMILES string of the molecule is CCNc1cc(Oc2ccccc2)nc(C(C)C)n1. The van der Waals surface area contributed by atoms with Crippen LogP contribution in [0.3, 0.4) is 0 Å². The molecule has 0 aliphatic rings. The maximum absolute atomic E-state index is 5.77. The van der Waals surface area contributed by atoms with Crippen LogP contribution in [0.1, 0.15) is 32.5 Å². The van der Waals surface area contributed by atoms with Crippen LogP contribution in [0.2, 0.25) is 0 Å². The molecular formula is C15H19N3O. The molecule has 2 rings (SSSR count). The summed E-state index contributed by atoms with van der Waals surface area (Å²) in [6, 6.07) is 11.5. The van der Waals surface area contributed by atoms with E-state index in [1.807, 2.05) is 43.3 Å². The van der Waals surface area contributed by atoms with E-state index < -0.39 is 0 Å². The number of para-hydroxylation sites is 1. The summed E-state index contributed by atoms with van der Waals surface area (Å²) in [5.41, 5.74) is 0. The highest BCUT2D eigenvalue weighted by molar-refractivity contribution is 5.40. The van der Waals surface area contributed by atoms with Gasteiger partial charge in [-0.2, -0.15) is 4.98 Å². The Morgan fingerprint density at radius 3 is 2.53 bits per heavy atom. The number of hydrogen-bond donors (Lipinski definition) is 1. The molecule has 1 N–H and O–H groups in total. The fraction of sp³-hybridized carbons (Fsp3) is 0.333. The number of benzene rings is 1. The molecule has 100 valence electrons. The molecular weight excluding hydrogens is 238 g/mol. The number of rotatable bonds is 5. The molecule has 0 saturated carbocycles. The molecule has 0 aliphatic carbocycles. The van der Waals surface area contributed by atoms with Gasteiger partial charge in [-0.25, -0.2) is 4.98 Å². The van der Waals surface area contributed by atoms with Crippen LogP contribution in [0, 0.1) is 0 Å². The summed E-state index contributed by atoms with van der Waals surface area (Å²) >= 11 is 0. The maximum atomic E-state index is 5.77. The lowest BCUT2D eigenvalue weighted by molar-refractivity contribution is 0.457. The molecule has 1 aromatic carbocycles. The molecule has 4 heteroatoms. The minimum atomic E-state index is 0.261. The van der Waals surface area contributed by atoms with Crippen molar-refractivity contribution in [2.45, 2.75) is 26.7 Å². The average molecular weight is 257 g/mol. The molecule has 2 aromatic rings. The van der Waals surface area contributed by atoms with Gasteiger partial charge in [-0.1, -0.05) is 32.0 Å². The number of ether oxygens (including phenoxy) is 1. The molecule has 0 bridgehead atoms. The summed E-state index contributed by atoms with van der Waals surface area (Å²) in [6.45, 7) is 6.99. The summed E-state index contributed by atoms with van der Waals surface area (Å²) in [7, 11) is 0. The number of hydrogen-bond acceptors (Lipinski definition) is 4. The van der Waals surface area contributed by atoms with Crippen LogP contribution >= 0.6 is 0 Å². The van der Waals surface area contributed by atoms with Gasteiger partial charge in [-0.15, -0.1) is 0 Å². The molecule has 0 aliphatic heterocycles. The van der Waals surface area contributed by atoms with Crippen LogP contribution in [0.4, 0.5) is 5.82 Å². The predicted octanol–water partition coefficient (Wildman–Crippen LogP) is 3.82. The molecule has 0 spiro atoms. The van der Waals surface area contributed by atoms with Crippen LogP contribution in [-0.4, -0.2) is 16.5 Å². The van der Waals surface area contributed by atoms with E-state index in [1.54, 1.807) is 0 Å². The predicted molar refractivity (Wildman–Crippen MR) is 76.8 cm³/mol. The van der Waals surface area contributed by atoms with Crippen molar-refractivity contribution in [3.8, 4) is 11.6 Å². The third-order valence-electron chi connectivity index (χ3n) is 2.56. The van der Waals surface area contributed by atoms with E-state index in [1.165, 1.54) is 0 Å². The van der Waals surface area contributed by atoms with Crippen molar-refractivity contribution in [3.05, 3.63) is 42.2 Å². The lowest BCUT2D eigenvalue weighted by Gasteiger charge is -2.11. The van der Waals surface area contributed by atoms with E-state index in [0.29, 0.717) is 5.88 Å². The van der Waals surface area contributed by atoms with E-state index in [9.17, 15) is 0 Å². The topological polar surface area (TPSA) is 47.0 Å². The Hall–Kier alpha value is -2.10. The summed E-state index contributed by atoms with van der Waals surface area (Å²) in [6.07, 6.45) is 0. The van der Waals surface area contributed by atoms with Gasteiger partial charge in [0.2, 0.25) is 5.88 Å². The van der Waals surface area contributed by atoms with Crippen LogP contribution in [0.25, 0.3) is 0 Å². The molecule has 0 atom stereocenters. The standard InChI is InChI=1S/C15H19N3O/c1-4-16-13-10-14(18-15(17-13)11(2)3)19-12-8-6-5-7-9-12/h5-11H,4H2,1-3H3,(H,16,17,18). The van der Waals surface area contributed by atoms with Crippen LogP contribution in [0.15, 0.2) is 36.4 Å². The van der Waals surface area contributed by atoms with Crippen LogP contribution < -0.4 is 10.1 Å². The molecule has 0 amide bonds. The monoisotopic (exact) mass is 257 g/mol. The second-order valence-corrected chi connectivity index (χ2v) is 4.55. The zero-order valence-electron chi connectivity index (χ0n) is 11.6. The normalized spacial score (nSPS) is 10.5. The lowest BCUT2D eigenvalue weighted by atomic mass is 10.2. The van der Waals surface area contributed by atoms with E-state index in [0.717, 1.165) is 23.9 Å². The maximum Gasteiger partial charge on any atom is 0.224 e. The first kappa shape index (κ1) is 13.3. The zero-order valence-corrected chi connectivity index (χ0v) is 11.6. The van der Waals surface area contributed by atoms with Gasteiger partial charge in [-0.05, 0) is 19.1 Å². The second kappa shape index (κ2) is 6.18. The molecule has 0 radical (unpaired) electrons. The van der Waals surface area contributed by atoms with Gasteiger partial charge in [0, 0.05) is 18.5 Å². The van der Waals surface area contributed by atoms with Gasteiger partial charge >= 0.3 is 0 Å². The minimum Gasteiger partial charge on any atom is -0.439 e. The second-order valence-electron chi connectivity index (χ2n) is 4.55. The third kappa shape index (κ3) is 3.68. The van der Waals surface area contributed by atoms with Crippen molar-refractivity contribution in [2.24, 2.45) is 0 Å². The molecule has 0 unspecified atom stereocenters. The highest BCUT2D eigenvalue weighted by Crippen LogP contribution is 2.23. The Kier molecular flexibility index (Phi) is 4.34. The smallest absolute Gasteiger partial charge is 0.224 e.